The molecule has 0 spiro atoms. The number of nitrogens with two attached hydrogens (primary N) is 1. The highest BCUT2D eigenvalue weighted by molar-refractivity contribution is 5.77. The molecule has 0 aliphatic heterocycles. The fourth-order valence-corrected chi connectivity index (χ4v) is 2.57. The molecule has 114 valence electrons. The molecule has 1 atom stereocenters. The third-order valence-electron chi connectivity index (χ3n) is 3.61. The Morgan fingerprint density at radius 2 is 2.19 bits per heavy atom. The van der Waals surface area contributed by atoms with Gasteiger partial charge in [-0.2, -0.15) is 0 Å². The van der Waals surface area contributed by atoms with Crippen molar-refractivity contribution in [3.8, 4) is 0 Å². The molecule has 3 N–H and O–H groups in total. The summed E-state index contributed by atoms with van der Waals surface area (Å²) in [5.74, 6) is 0.992. The van der Waals surface area contributed by atoms with Crippen molar-refractivity contribution in [3.05, 3.63) is 30.1 Å². The fraction of sp³-hybridized carbons (Fsp3) is 0.500. The minimum atomic E-state index is -0.0363. The highest BCUT2D eigenvalue weighted by Gasteiger charge is 2.09. The highest BCUT2D eigenvalue weighted by atomic mass is 16.1. The van der Waals surface area contributed by atoms with E-state index in [2.05, 4.69) is 21.8 Å². The van der Waals surface area contributed by atoms with Crippen molar-refractivity contribution in [1.82, 2.24) is 14.9 Å². The fourth-order valence-electron chi connectivity index (χ4n) is 2.57. The predicted molar refractivity (Wildman–Crippen MR) is 85.0 cm³/mol. The molecule has 5 nitrogen and oxygen atoms in total. The first-order valence-corrected chi connectivity index (χ1v) is 7.56. The number of fused-ring (bicyclic) bond motifs is 1. The van der Waals surface area contributed by atoms with E-state index in [1.165, 1.54) is 0 Å². The van der Waals surface area contributed by atoms with Gasteiger partial charge < -0.3 is 15.6 Å². The Morgan fingerprint density at radius 3 is 2.95 bits per heavy atom. The molecule has 1 heterocycles. The first-order chi connectivity index (χ1) is 10.1. The molecule has 0 bridgehead atoms. The largest absolute Gasteiger partial charge is 0.354 e. The molecule has 0 aliphatic rings. The van der Waals surface area contributed by atoms with E-state index >= 15 is 0 Å². The van der Waals surface area contributed by atoms with Crippen molar-refractivity contribution in [1.29, 1.82) is 0 Å². The standard InChI is InChI=1S/C16H24N4O/c1-3-6-13(17)11-16(21)18-9-10-20-12(2)19-14-7-4-5-8-15(14)20/h4-5,7-8,13H,3,6,9-11,17H2,1-2H3,(H,18,21). The third-order valence-corrected chi connectivity index (χ3v) is 3.61. The molecule has 1 aromatic heterocycles. The smallest absolute Gasteiger partial charge is 0.221 e. The number of benzene rings is 1. The molecular weight excluding hydrogens is 264 g/mol. The lowest BCUT2D eigenvalue weighted by Gasteiger charge is -2.11. The van der Waals surface area contributed by atoms with E-state index in [1.807, 2.05) is 31.2 Å². The van der Waals surface area contributed by atoms with E-state index in [4.69, 9.17) is 5.73 Å². The van der Waals surface area contributed by atoms with E-state index < -0.39 is 0 Å². The molecule has 5 heteroatoms. The summed E-state index contributed by atoms with van der Waals surface area (Å²) in [5.41, 5.74) is 7.97. The number of aryl methyl sites for hydroxylation is 1. The first kappa shape index (κ1) is 15.5. The summed E-state index contributed by atoms with van der Waals surface area (Å²) in [4.78, 5) is 16.3. The summed E-state index contributed by atoms with van der Waals surface area (Å²) in [7, 11) is 0. The van der Waals surface area contributed by atoms with Crippen LogP contribution in [0.1, 0.15) is 32.0 Å². The zero-order valence-corrected chi connectivity index (χ0v) is 12.8. The number of amides is 1. The number of carbonyl (C=O) groups is 1. The third kappa shape index (κ3) is 4.04. The Balaban J connectivity index is 1.88. The second-order valence-electron chi connectivity index (χ2n) is 5.40. The maximum atomic E-state index is 11.8. The number of nitrogens with zero attached hydrogens (tertiary/aromatic N) is 2. The molecule has 2 rings (SSSR count). The van der Waals surface area contributed by atoms with Crippen LogP contribution in [0.5, 0.6) is 0 Å². The van der Waals surface area contributed by atoms with Gasteiger partial charge in [-0.25, -0.2) is 4.98 Å². The summed E-state index contributed by atoms with van der Waals surface area (Å²) in [5, 5.41) is 2.93. The molecule has 21 heavy (non-hydrogen) atoms. The zero-order valence-electron chi connectivity index (χ0n) is 12.8. The van der Waals surface area contributed by atoms with Gasteiger partial charge in [0.1, 0.15) is 5.82 Å². The van der Waals surface area contributed by atoms with Crippen molar-refractivity contribution in [2.24, 2.45) is 5.73 Å². The number of rotatable bonds is 7. The van der Waals surface area contributed by atoms with Gasteiger partial charge in [-0.15, -0.1) is 0 Å². The molecule has 0 radical (unpaired) electrons. The number of hydrogen-bond donors (Lipinski definition) is 2. The molecular formula is C16H24N4O. The van der Waals surface area contributed by atoms with Crippen molar-refractivity contribution < 1.29 is 4.79 Å². The van der Waals surface area contributed by atoms with Gasteiger partial charge in [-0.3, -0.25) is 4.79 Å². The van der Waals surface area contributed by atoms with Gasteiger partial charge in [0.25, 0.3) is 0 Å². The Bertz CT molecular complexity index is 605. The zero-order chi connectivity index (χ0) is 15.2. The van der Waals surface area contributed by atoms with Gasteiger partial charge >= 0.3 is 0 Å². The Morgan fingerprint density at radius 1 is 1.43 bits per heavy atom. The van der Waals surface area contributed by atoms with Crippen molar-refractivity contribution >= 4 is 16.9 Å². The van der Waals surface area contributed by atoms with Gasteiger partial charge in [0.15, 0.2) is 0 Å². The van der Waals surface area contributed by atoms with Crippen molar-refractivity contribution in [2.45, 2.75) is 45.7 Å². The lowest BCUT2D eigenvalue weighted by atomic mass is 10.1. The summed E-state index contributed by atoms with van der Waals surface area (Å²) in [6.07, 6.45) is 2.30. The summed E-state index contributed by atoms with van der Waals surface area (Å²) >= 11 is 0. The van der Waals surface area contributed by atoms with E-state index in [-0.39, 0.29) is 11.9 Å². The normalized spacial score (nSPS) is 12.5. The van der Waals surface area contributed by atoms with E-state index in [9.17, 15) is 4.79 Å². The number of aromatic nitrogens is 2. The minimum absolute atomic E-state index is 0.0259. The SMILES string of the molecule is CCCC(N)CC(=O)NCCn1c(C)nc2ccccc21. The predicted octanol–water partition coefficient (Wildman–Crippen LogP) is 1.98. The van der Waals surface area contributed by atoms with E-state index in [1.54, 1.807) is 0 Å². The number of imidazole rings is 1. The Hall–Kier alpha value is -1.88. The molecule has 0 saturated heterocycles. The van der Waals surface area contributed by atoms with Crippen LogP contribution >= 0.6 is 0 Å². The van der Waals surface area contributed by atoms with Gasteiger partial charge in [-0.1, -0.05) is 25.5 Å². The molecule has 1 amide bonds. The van der Waals surface area contributed by atoms with Crippen molar-refractivity contribution in [3.63, 3.8) is 0 Å². The lowest BCUT2D eigenvalue weighted by molar-refractivity contribution is -0.121. The van der Waals surface area contributed by atoms with Crippen LogP contribution in [0.25, 0.3) is 11.0 Å². The summed E-state index contributed by atoms with van der Waals surface area (Å²) < 4.78 is 2.13. The van der Waals surface area contributed by atoms with E-state index in [0.29, 0.717) is 13.0 Å². The lowest BCUT2D eigenvalue weighted by Crippen LogP contribution is -2.33. The Labute approximate surface area is 125 Å². The maximum absolute atomic E-state index is 11.8. The van der Waals surface area contributed by atoms with Crippen LogP contribution < -0.4 is 11.1 Å². The second kappa shape index (κ2) is 7.22. The van der Waals surface area contributed by atoms with Gasteiger partial charge in [0.05, 0.1) is 11.0 Å². The average molecular weight is 288 g/mol. The maximum Gasteiger partial charge on any atom is 0.221 e. The van der Waals surface area contributed by atoms with Crippen LogP contribution in [0.15, 0.2) is 24.3 Å². The summed E-state index contributed by atoms with van der Waals surface area (Å²) in [6, 6.07) is 8.00. The van der Waals surface area contributed by atoms with Gasteiger partial charge in [0.2, 0.25) is 5.91 Å². The number of carbonyl (C=O) groups excluding carboxylic acids is 1. The molecule has 0 fully saturated rings. The number of para-hydroxylation sites is 2. The van der Waals surface area contributed by atoms with E-state index in [0.717, 1.165) is 36.2 Å². The topological polar surface area (TPSA) is 72.9 Å². The quantitative estimate of drug-likeness (QED) is 0.818. The molecule has 1 unspecified atom stereocenters. The van der Waals surface area contributed by atoms with Crippen molar-refractivity contribution in [2.75, 3.05) is 6.54 Å². The molecule has 0 aliphatic carbocycles. The highest BCUT2D eigenvalue weighted by Crippen LogP contribution is 2.14. The molecule has 0 saturated carbocycles. The number of hydrogen-bond acceptors (Lipinski definition) is 3. The summed E-state index contributed by atoms with van der Waals surface area (Å²) in [6.45, 7) is 5.38. The first-order valence-electron chi connectivity index (χ1n) is 7.56. The average Bonchev–Trinajstić information content (AvgIpc) is 2.75. The molecule has 2 aromatic rings. The van der Waals surface area contributed by atoms with Crippen LogP contribution in [0, 0.1) is 6.92 Å². The van der Waals surface area contributed by atoms with Gasteiger partial charge in [0, 0.05) is 25.6 Å². The Kier molecular flexibility index (Phi) is 5.33. The van der Waals surface area contributed by atoms with Crippen LogP contribution in [-0.4, -0.2) is 28.0 Å². The van der Waals surface area contributed by atoms with Crippen LogP contribution in [0.3, 0.4) is 0 Å². The monoisotopic (exact) mass is 288 g/mol. The van der Waals surface area contributed by atoms with Crippen LogP contribution in [0.4, 0.5) is 0 Å². The second-order valence-corrected chi connectivity index (χ2v) is 5.40. The molecule has 1 aromatic carbocycles. The number of nitrogens with one attached hydrogen (secondary N) is 1. The van der Waals surface area contributed by atoms with Crippen LogP contribution in [-0.2, 0) is 11.3 Å². The van der Waals surface area contributed by atoms with Gasteiger partial charge in [-0.05, 0) is 25.5 Å². The van der Waals surface area contributed by atoms with Crippen LogP contribution in [0.2, 0.25) is 0 Å². The minimum Gasteiger partial charge on any atom is -0.354 e.